The fourth-order valence-electron chi connectivity index (χ4n) is 1.28. The standard InChI is InChI=1S/C12H12BrFO/c1-2-3-4-5-12(15)9-6-7-11(14)10(13)8-9/h1,6-8,12,15H,3-5H2. The summed E-state index contributed by atoms with van der Waals surface area (Å²) in [4.78, 5) is 0. The molecular formula is C12H12BrFO. The zero-order chi connectivity index (χ0) is 11.3. The molecule has 0 saturated heterocycles. The summed E-state index contributed by atoms with van der Waals surface area (Å²) in [6.07, 6.45) is 6.56. The monoisotopic (exact) mass is 270 g/mol. The van der Waals surface area contributed by atoms with Crippen LogP contribution in [0.25, 0.3) is 0 Å². The molecule has 0 aliphatic carbocycles. The normalized spacial score (nSPS) is 12.1. The van der Waals surface area contributed by atoms with E-state index in [0.717, 1.165) is 6.42 Å². The summed E-state index contributed by atoms with van der Waals surface area (Å²) in [5, 5.41) is 9.75. The third kappa shape index (κ3) is 3.65. The second-order valence-electron chi connectivity index (χ2n) is 3.29. The Hall–Kier alpha value is -0.850. The quantitative estimate of drug-likeness (QED) is 0.657. The number of unbranched alkanes of at least 4 members (excludes halogenated alkanes) is 1. The molecule has 1 aromatic carbocycles. The van der Waals surface area contributed by atoms with E-state index in [0.29, 0.717) is 22.9 Å². The molecule has 0 heterocycles. The van der Waals surface area contributed by atoms with Crippen LogP contribution in [0.2, 0.25) is 0 Å². The predicted octanol–water partition coefficient (Wildman–Crippen LogP) is 3.43. The van der Waals surface area contributed by atoms with Crippen LogP contribution in [0.4, 0.5) is 4.39 Å². The second kappa shape index (κ2) is 5.89. The van der Waals surface area contributed by atoms with Gasteiger partial charge in [-0.3, -0.25) is 0 Å². The number of hydrogen-bond acceptors (Lipinski definition) is 1. The first kappa shape index (κ1) is 12.2. The molecule has 15 heavy (non-hydrogen) atoms. The van der Waals surface area contributed by atoms with Gasteiger partial charge < -0.3 is 5.11 Å². The first-order chi connectivity index (χ1) is 7.15. The van der Waals surface area contributed by atoms with Crippen LogP contribution in [0.5, 0.6) is 0 Å². The van der Waals surface area contributed by atoms with Crippen molar-refractivity contribution in [1.82, 2.24) is 0 Å². The van der Waals surface area contributed by atoms with Crippen LogP contribution in [0.15, 0.2) is 22.7 Å². The van der Waals surface area contributed by atoms with Crippen molar-refractivity contribution in [3.63, 3.8) is 0 Å². The van der Waals surface area contributed by atoms with Gasteiger partial charge in [0.05, 0.1) is 10.6 Å². The first-order valence-corrected chi connectivity index (χ1v) is 5.51. The fourth-order valence-corrected chi connectivity index (χ4v) is 1.68. The van der Waals surface area contributed by atoms with E-state index in [1.54, 1.807) is 12.1 Å². The summed E-state index contributed by atoms with van der Waals surface area (Å²) < 4.78 is 13.3. The lowest BCUT2D eigenvalue weighted by atomic mass is 10.0. The first-order valence-electron chi connectivity index (χ1n) is 4.71. The van der Waals surface area contributed by atoms with Gasteiger partial charge >= 0.3 is 0 Å². The number of rotatable bonds is 4. The Morgan fingerprint density at radius 2 is 2.27 bits per heavy atom. The number of aliphatic hydroxyl groups is 1. The van der Waals surface area contributed by atoms with Gasteiger partial charge in [-0.15, -0.1) is 12.3 Å². The van der Waals surface area contributed by atoms with Crippen molar-refractivity contribution in [2.75, 3.05) is 0 Å². The molecule has 1 unspecified atom stereocenters. The van der Waals surface area contributed by atoms with Gasteiger partial charge in [0.15, 0.2) is 0 Å². The Morgan fingerprint density at radius 1 is 1.53 bits per heavy atom. The average molecular weight is 271 g/mol. The minimum Gasteiger partial charge on any atom is -0.388 e. The summed E-state index contributed by atoms with van der Waals surface area (Å²) >= 11 is 3.08. The Kier molecular flexibility index (Phi) is 4.80. The van der Waals surface area contributed by atoms with Crippen LogP contribution < -0.4 is 0 Å². The maximum absolute atomic E-state index is 12.9. The fraction of sp³-hybridized carbons (Fsp3) is 0.333. The van der Waals surface area contributed by atoms with Gasteiger partial charge in [0.2, 0.25) is 0 Å². The van der Waals surface area contributed by atoms with Gasteiger partial charge in [0.1, 0.15) is 5.82 Å². The lowest BCUT2D eigenvalue weighted by Gasteiger charge is -2.10. The minimum atomic E-state index is -0.574. The van der Waals surface area contributed by atoms with Crippen molar-refractivity contribution in [2.24, 2.45) is 0 Å². The van der Waals surface area contributed by atoms with E-state index >= 15 is 0 Å². The van der Waals surface area contributed by atoms with Crippen LogP contribution in [0.1, 0.15) is 30.9 Å². The molecule has 0 spiro atoms. The number of halogens is 2. The van der Waals surface area contributed by atoms with E-state index in [1.165, 1.54) is 6.07 Å². The smallest absolute Gasteiger partial charge is 0.137 e. The molecule has 1 atom stereocenters. The van der Waals surface area contributed by atoms with Crippen molar-refractivity contribution >= 4 is 15.9 Å². The maximum Gasteiger partial charge on any atom is 0.137 e. The third-order valence-corrected chi connectivity index (χ3v) is 2.73. The Bertz CT molecular complexity index is 370. The zero-order valence-electron chi connectivity index (χ0n) is 8.21. The summed E-state index contributed by atoms with van der Waals surface area (Å²) in [5.74, 6) is 2.19. The summed E-state index contributed by atoms with van der Waals surface area (Å²) in [6, 6.07) is 4.51. The van der Waals surface area contributed by atoms with E-state index in [2.05, 4.69) is 21.9 Å². The molecule has 0 radical (unpaired) electrons. The second-order valence-corrected chi connectivity index (χ2v) is 4.14. The molecule has 0 saturated carbocycles. The maximum atomic E-state index is 12.9. The highest BCUT2D eigenvalue weighted by Gasteiger charge is 2.09. The number of benzene rings is 1. The topological polar surface area (TPSA) is 20.2 Å². The highest BCUT2D eigenvalue weighted by Crippen LogP contribution is 2.24. The third-order valence-electron chi connectivity index (χ3n) is 2.13. The van der Waals surface area contributed by atoms with Crippen LogP contribution in [0.3, 0.4) is 0 Å². The van der Waals surface area contributed by atoms with E-state index in [4.69, 9.17) is 6.42 Å². The largest absolute Gasteiger partial charge is 0.388 e. The lowest BCUT2D eigenvalue weighted by Crippen LogP contribution is -1.97. The van der Waals surface area contributed by atoms with Gasteiger partial charge in [0, 0.05) is 6.42 Å². The molecule has 1 N–H and O–H groups in total. The molecular weight excluding hydrogens is 259 g/mol. The van der Waals surface area contributed by atoms with Crippen molar-refractivity contribution in [3.05, 3.63) is 34.1 Å². The van der Waals surface area contributed by atoms with E-state index < -0.39 is 6.10 Å². The Morgan fingerprint density at radius 3 is 2.87 bits per heavy atom. The Labute approximate surface area is 97.4 Å². The summed E-state index contributed by atoms with van der Waals surface area (Å²) in [6.45, 7) is 0. The van der Waals surface area contributed by atoms with Gasteiger partial charge in [-0.2, -0.15) is 0 Å². The SMILES string of the molecule is C#CCCCC(O)c1ccc(F)c(Br)c1. The molecule has 0 aromatic heterocycles. The zero-order valence-corrected chi connectivity index (χ0v) is 9.80. The van der Waals surface area contributed by atoms with Gasteiger partial charge in [0.25, 0.3) is 0 Å². The molecule has 3 heteroatoms. The van der Waals surface area contributed by atoms with Gasteiger partial charge in [-0.25, -0.2) is 4.39 Å². The Balaban J connectivity index is 2.62. The van der Waals surface area contributed by atoms with Crippen molar-refractivity contribution in [3.8, 4) is 12.3 Å². The molecule has 0 aliphatic heterocycles. The molecule has 0 aliphatic rings. The minimum absolute atomic E-state index is 0.324. The molecule has 0 fully saturated rings. The number of hydrogen-bond donors (Lipinski definition) is 1. The number of terminal acetylenes is 1. The van der Waals surface area contributed by atoms with Gasteiger partial charge in [-0.05, 0) is 46.5 Å². The van der Waals surface area contributed by atoms with Crippen LogP contribution in [-0.2, 0) is 0 Å². The van der Waals surface area contributed by atoms with E-state index in [9.17, 15) is 9.50 Å². The summed E-state index contributed by atoms with van der Waals surface area (Å²) in [7, 11) is 0. The van der Waals surface area contributed by atoms with E-state index in [-0.39, 0.29) is 5.82 Å². The highest BCUT2D eigenvalue weighted by atomic mass is 79.9. The average Bonchev–Trinajstić information content (AvgIpc) is 2.22. The van der Waals surface area contributed by atoms with Crippen LogP contribution in [0, 0.1) is 18.2 Å². The number of aliphatic hydroxyl groups excluding tert-OH is 1. The van der Waals surface area contributed by atoms with Crippen molar-refractivity contribution in [2.45, 2.75) is 25.4 Å². The van der Waals surface area contributed by atoms with E-state index in [1.807, 2.05) is 0 Å². The molecule has 0 bridgehead atoms. The van der Waals surface area contributed by atoms with Crippen LogP contribution >= 0.6 is 15.9 Å². The molecule has 0 amide bonds. The molecule has 1 rings (SSSR count). The van der Waals surface area contributed by atoms with Gasteiger partial charge in [-0.1, -0.05) is 6.07 Å². The van der Waals surface area contributed by atoms with Crippen LogP contribution in [-0.4, -0.2) is 5.11 Å². The summed E-state index contributed by atoms with van der Waals surface area (Å²) in [5.41, 5.74) is 0.709. The predicted molar refractivity (Wildman–Crippen MR) is 61.7 cm³/mol. The molecule has 1 nitrogen and oxygen atoms in total. The lowest BCUT2D eigenvalue weighted by molar-refractivity contribution is 0.165. The molecule has 80 valence electrons. The van der Waals surface area contributed by atoms with Crippen molar-refractivity contribution in [1.29, 1.82) is 0 Å². The highest BCUT2D eigenvalue weighted by molar-refractivity contribution is 9.10. The molecule has 1 aromatic rings. The van der Waals surface area contributed by atoms with Crippen molar-refractivity contribution < 1.29 is 9.50 Å².